The lowest BCUT2D eigenvalue weighted by molar-refractivity contribution is -0.118. The average molecular weight is 483 g/mol. The molecule has 0 unspecified atom stereocenters. The zero-order valence-corrected chi connectivity index (χ0v) is 19.5. The van der Waals surface area contributed by atoms with Gasteiger partial charge in [-0.1, -0.05) is 23.2 Å². The van der Waals surface area contributed by atoms with Crippen LogP contribution in [0.3, 0.4) is 0 Å². The predicted octanol–water partition coefficient (Wildman–Crippen LogP) is 2.73. The molecule has 1 aromatic carbocycles. The molecule has 2 aliphatic rings. The molecule has 0 spiro atoms. The minimum Gasteiger partial charge on any atom is -0.368 e. The molecule has 2 aliphatic heterocycles. The van der Waals surface area contributed by atoms with E-state index < -0.39 is 0 Å². The molecule has 1 aromatic heterocycles. The van der Waals surface area contributed by atoms with E-state index in [-0.39, 0.29) is 5.82 Å². The molecule has 1 N–H and O–H groups in total. The van der Waals surface area contributed by atoms with Gasteiger partial charge in [0.2, 0.25) is 6.41 Å². The predicted molar refractivity (Wildman–Crippen MR) is 126 cm³/mol. The Hall–Kier alpha value is -2.00. The topological polar surface area (TPSA) is 64.6 Å². The number of hydrogen-bond acceptors (Lipinski definition) is 6. The highest BCUT2D eigenvalue weighted by atomic mass is 35.5. The highest BCUT2D eigenvalue weighted by Crippen LogP contribution is 2.27. The summed E-state index contributed by atoms with van der Waals surface area (Å²) in [6.07, 6.45) is 5.21. The van der Waals surface area contributed by atoms with Crippen molar-refractivity contribution < 1.29 is 9.18 Å². The summed E-state index contributed by atoms with van der Waals surface area (Å²) in [7, 11) is 0. The van der Waals surface area contributed by atoms with Gasteiger partial charge < -0.3 is 20.0 Å². The van der Waals surface area contributed by atoms with Gasteiger partial charge in [0.1, 0.15) is 5.82 Å². The maximum Gasteiger partial charge on any atom is 0.209 e. The fourth-order valence-corrected chi connectivity index (χ4v) is 3.92. The lowest BCUT2D eigenvalue weighted by atomic mass is 10.2. The molecule has 32 heavy (non-hydrogen) atoms. The molecule has 0 bridgehead atoms. The van der Waals surface area contributed by atoms with Crippen LogP contribution in [0.4, 0.5) is 10.1 Å². The van der Waals surface area contributed by atoms with Gasteiger partial charge in [-0.3, -0.25) is 4.79 Å². The monoisotopic (exact) mass is 482 g/mol. The normalized spacial score (nSPS) is 17.0. The molecule has 2 saturated heterocycles. The van der Waals surface area contributed by atoms with Crippen LogP contribution in [0.2, 0.25) is 10.0 Å². The summed E-state index contributed by atoms with van der Waals surface area (Å²) in [5.41, 5.74) is 1.06. The Morgan fingerprint density at radius 3 is 2.31 bits per heavy atom. The number of benzene rings is 1. The Morgan fingerprint density at radius 1 is 1.00 bits per heavy atom. The van der Waals surface area contributed by atoms with Crippen molar-refractivity contribution >= 4 is 35.3 Å². The summed E-state index contributed by atoms with van der Waals surface area (Å²) in [4.78, 5) is 24.9. The summed E-state index contributed by atoms with van der Waals surface area (Å²) in [6.45, 7) is 8.62. The van der Waals surface area contributed by atoms with Crippen LogP contribution < -0.4 is 10.2 Å². The van der Waals surface area contributed by atoms with E-state index in [0.717, 1.165) is 89.7 Å². The van der Waals surface area contributed by atoms with Gasteiger partial charge in [0.05, 0.1) is 22.4 Å². The highest BCUT2D eigenvalue weighted by Gasteiger charge is 2.16. The Kier molecular flexibility index (Phi) is 9.92. The standard InChI is InChI=1S/C11H12Cl2N2O.C11H17FN4/c12-10-2-1-9(7-11(10)13)15-5-3-14(8-16)4-6-15;12-10-8-14-11(15-9-10)2-1-5-16-6-3-13-4-7-16/h1-2,7-8H,3-6H2;8-9,13H,1-7H2. The molecule has 0 saturated carbocycles. The van der Waals surface area contributed by atoms with Gasteiger partial charge in [0, 0.05) is 64.5 Å². The quantitative estimate of drug-likeness (QED) is 0.638. The minimum absolute atomic E-state index is 0.370. The Morgan fingerprint density at radius 2 is 1.69 bits per heavy atom. The first kappa shape index (κ1) is 24.6. The Labute approximate surface area is 198 Å². The number of nitrogens with zero attached hydrogens (tertiary/aromatic N) is 5. The first-order valence-corrected chi connectivity index (χ1v) is 11.6. The second-order valence-electron chi connectivity index (χ2n) is 7.74. The Bertz CT molecular complexity index is 843. The van der Waals surface area contributed by atoms with Crippen molar-refractivity contribution in [3.05, 3.63) is 52.3 Å². The number of aryl methyl sites for hydroxylation is 1. The molecule has 7 nitrogen and oxygen atoms in total. The number of nitrogens with one attached hydrogen (secondary N) is 1. The van der Waals surface area contributed by atoms with Gasteiger partial charge in [0.15, 0.2) is 5.82 Å². The molecule has 2 aromatic rings. The van der Waals surface area contributed by atoms with E-state index in [1.165, 1.54) is 12.4 Å². The number of amides is 1. The Balaban J connectivity index is 0.000000181. The first-order valence-electron chi connectivity index (χ1n) is 10.8. The van der Waals surface area contributed by atoms with E-state index >= 15 is 0 Å². The fourth-order valence-electron chi connectivity index (χ4n) is 3.63. The van der Waals surface area contributed by atoms with Crippen LogP contribution in [0, 0.1) is 5.82 Å². The van der Waals surface area contributed by atoms with E-state index in [4.69, 9.17) is 23.2 Å². The van der Waals surface area contributed by atoms with Gasteiger partial charge in [-0.25, -0.2) is 14.4 Å². The van der Waals surface area contributed by atoms with Crippen LogP contribution in [0.5, 0.6) is 0 Å². The summed E-state index contributed by atoms with van der Waals surface area (Å²) in [5, 5.41) is 4.45. The number of hydrogen-bond donors (Lipinski definition) is 1. The van der Waals surface area contributed by atoms with Crippen LogP contribution in [0.1, 0.15) is 12.2 Å². The average Bonchev–Trinajstić information content (AvgIpc) is 2.83. The van der Waals surface area contributed by atoms with E-state index in [0.29, 0.717) is 10.0 Å². The van der Waals surface area contributed by atoms with Gasteiger partial charge in [0.25, 0.3) is 0 Å². The van der Waals surface area contributed by atoms with Crippen molar-refractivity contribution in [3.63, 3.8) is 0 Å². The lowest BCUT2D eigenvalue weighted by Gasteiger charge is -2.34. The maximum absolute atomic E-state index is 12.6. The van der Waals surface area contributed by atoms with Crippen LogP contribution >= 0.6 is 23.2 Å². The number of halogens is 3. The zero-order chi connectivity index (χ0) is 22.8. The third-order valence-electron chi connectivity index (χ3n) is 5.49. The summed E-state index contributed by atoms with van der Waals surface area (Å²) in [6, 6.07) is 5.61. The lowest BCUT2D eigenvalue weighted by Crippen LogP contribution is -2.45. The van der Waals surface area contributed by atoms with Crippen molar-refractivity contribution in [3.8, 4) is 0 Å². The van der Waals surface area contributed by atoms with Crippen molar-refractivity contribution in [2.75, 3.05) is 63.8 Å². The summed E-state index contributed by atoms with van der Waals surface area (Å²) < 4.78 is 12.6. The van der Waals surface area contributed by atoms with Crippen LogP contribution in [0.15, 0.2) is 30.6 Å². The maximum atomic E-state index is 12.6. The van der Waals surface area contributed by atoms with Crippen molar-refractivity contribution in [1.29, 1.82) is 0 Å². The number of carbonyl (C=O) groups excluding carboxylic acids is 1. The fraction of sp³-hybridized carbons (Fsp3) is 0.500. The second kappa shape index (κ2) is 12.9. The number of aromatic nitrogens is 2. The molecule has 2 fully saturated rings. The molecule has 3 heterocycles. The number of anilines is 1. The smallest absolute Gasteiger partial charge is 0.209 e. The van der Waals surface area contributed by atoms with Gasteiger partial charge >= 0.3 is 0 Å². The minimum atomic E-state index is -0.370. The number of rotatable bonds is 6. The molecule has 174 valence electrons. The van der Waals surface area contributed by atoms with Crippen molar-refractivity contribution in [2.24, 2.45) is 0 Å². The molecule has 0 atom stereocenters. The number of carbonyl (C=O) groups is 1. The van der Waals surface area contributed by atoms with E-state index in [2.05, 4.69) is 25.1 Å². The van der Waals surface area contributed by atoms with E-state index in [1.54, 1.807) is 11.0 Å². The summed E-state index contributed by atoms with van der Waals surface area (Å²) in [5.74, 6) is 0.363. The third-order valence-corrected chi connectivity index (χ3v) is 6.23. The van der Waals surface area contributed by atoms with Crippen molar-refractivity contribution in [2.45, 2.75) is 12.8 Å². The molecular formula is C22H29Cl2FN6O. The third kappa shape index (κ3) is 7.85. The molecule has 10 heteroatoms. The highest BCUT2D eigenvalue weighted by molar-refractivity contribution is 6.42. The van der Waals surface area contributed by atoms with Crippen LogP contribution in [-0.2, 0) is 11.2 Å². The SMILES string of the molecule is Fc1cnc(CCCN2CCNCC2)nc1.O=CN1CCN(c2ccc(Cl)c(Cl)c2)CC1. The molecule has 0 radical (unpaired) electrons. The van der Waals surface area contributed by atoms with Crippen molar-refractivity contribution in [1.82, 2.24) is 25.1 Å². The largest absolute Gasteiger partial charge is 0.368 e. The van der Waals surface area contributed by atoms with Crippen LogP contribution in [-0.4, -0.2) is 85.1 Å². The molecule has 1 amide bonds. The van der Waals surface area contributed by atoms with E-state index in [9.17, 15) is 9.18 Å². The second-order valence-corrected chi connectivity index (χ2v) is 8.55. The first-order chi connectivity index (χ1) is 15.5. The van der Waals surface area contributed by atoms with Gasteiger partial charge in [-0.05, 0) is 31.2 Å². The molecular weight excluding hydrogens is 454 g/mol. The number of piperazine rings is 2. The molecule has 0 aliphatic carbocycles. The van der Waals surface area contributed by atoms with E-state index in [1.807, 2.05) is 12.1 Å². The zero-order valence-electron chi connectivity index (χ0n) is 18.0. The molecule has 4 rings (SSSR count). The van der Waals surface area contributed by atoms with Gasteiger partial charge in [-0.2, -0.15) is 0 Å². The van der Waals surface area contributed by atoms with Crippen LogP contribution in [0.25, 0.3) is 0 Å². The summed E-state index contributed by atoms with van der Waals surface area (Å²) >= 11 is 11.8. The van der Waals surface area contributed by atoms with Gasteiger partial charge in [-0.15, -0.1) is 0 Å².